The second kappa shape index (κ2) is 8.88. The fourth-order valence-corrected chi connectivity index (χ4v) is 3.59. The Hall–Kier alpha value is -2.97. The summed E-state index contributed by atoms with van der Waals surface area (Å²) in [6.45, 7) is 11.6. The molecule has 0 atom stereocenters. The first-order chi connectivity index (χ1) is 15.0. The molecule has 3 heterocycles. The van der Waals surface area contributed by atoms with Gasteiger partial charge in [-0.15, -0.1) is 0 Å². The van der Waals surface area contributed by atoms with Gasteiger partial charge in [0.1, 0.15) is 5.60 Å². The molecular weight excluding hydrogens is 421 g/mol. The Morgan fingerprint density at radius 3 is 2.25 bits per heavy atom. The smallest absolute Gasteiger partial charge is 0.416 e. The SMILES string of the molecule is CC.CC(C)(C)OC(=O)N1CCN(c2nc3ccc(C(F)(F)F)cc3n3cccc23)CC1. The molecular formula is C23H29F3N4O2. The number of hydrogen-bond acceptors (Lipinski definition) is 4. The Bertz CT molecular complexity index is 1090. The molecule has 0 spiro atoms. The molecule has 2 aromatic heterocycles. The number of anilines is 1. The molecule has 0 saturated carbocycles. The van der Waals surface area contributed by atoms with Crippen LogP contribution in [0.1, 0.15) is 40.2 Å². The van der Waals surface area contributed by atoms with Crippen LogP contribution in [0.25, 0.3) is 16.6 Å². The predicted molar refractivity (Wildman–Crippen MR) is 119 cm³/mol. The highest BCUT2D eigenvalue weighted by molar-refractivity contribution is 5.85. The molecule has 174 valence electrons. The first kappa shape index (κ1) is 23.7. The summed E-state index contributed by atoms with van der Waals surface area (Å²) in [5.41, 5.74) is 0.358. The van der Waals surface area contributed by atoms with Crippen molar-refractivity contribution in [3.63, 3.8) is 0 Å². The van der Waals surface area contributed by atoms with E-state index in [2.05, 4.69) is 4.98 Å². The van der Waals surface area contributed by atoms with Crippen LogP contribution in [0, 0.1) is 0 Å². The molecule has 0 bridgehead atoms. The van der Waals surface area contributed by atoms with Crippen molar-refractivity contribution in [1.29, 1.82) is 0 Å². The summed E-state index contributed by atoms with van der Waals surface area (Å²) >= 11 is 0. The topological polar surface area (TPSA) is 50.1 Å². The molecule has 32 heavy (non-hydrogen) atoms. The van der Waals surface area contributed by atoms with E-state index >= 15 is 0 Å². The van der Waals surface area contributed by atoms with Crippen molar-refractivity contribution in [2.24, 2.45) is 0 Å². The van der Waals surface area contributed by atoms with E-state index in [4.69, 9.17) is 4.74 Å². The van der Waals surface area contributed by atoms with Crippen molar-refractivity contribution in [2.45, 2.75) is 46.4 Å². The van der Waals surface area contributed by atoms with Crippen molar-refractivity contribution < 1.29 is 22.7 Å². The maximum absolute atomic E-state index is 13.1. The lowest BCUT2D eigenvalue weighted by Crippen LogP contribution is -2.50. The van der Waals surface area contributed by atoms with E-state index in [0.29, 0.717) is 43.0 Å². The van der Waals surface area contributed by atoms with Gasteiger partial charge in [-0.3, -0.25) is 0 Å². The number of benzene rings is 1. The Kier molecular flexibility index (Phi) is 6.57. The van der Waals surface area contributed by atoms with Crippen molar-refractivity contribution >= 4 is 28.5 Å². The molecule has 0 radical (unpaired) electrons. The molecule has 1 aromatic carbocycles. The van der Waals surface area contributed by atoms with Gasteiger partial charge in [-0.05, 0) is 51.1 Å². The van der Waals surface area contributed by atoms with Gasteiger partial charge in [-0.2, -0.15) is 13.2 Å². The van der Waals surface area contributed by atoms with Crippen LogP contribution < -0.4 is 4.90 Å². The molecule has 0 unspecified atom stereocenters. The molecule has 6 nitrogen and oxygen atoms in total. The summed E-state index contributed by atoms with van der Waals surface area (Å²) in [5.74, 6) is 0.691. The third kappa shape index (κ3) is 4.92. The van der Waals surface area contributed by atoms with Crippen LogP contribution in [0.4, 0.5) is 23.8 Å². The number of halogens is 3. The normalized spacial score (nSPS) is 15.0. The van der Waals surface area contributed by atoms with Crippen LogP contribution in [0.2, 0.25) is 0 Å². The van der Waals surface area contributed by atoms with Gasteiger partial charge in [0.15, 0.2) is 5.82 Å². The highest BCUT2D eigenvalue weighted by Gasteiger charge is 2.31. The zero-order valence-corrected chi connectivity index (χ0v) is 19.0. The van der Waals surface area contributed by atoms with Gasteiger partial charge in [0.2, 0.25) is 0 Å². The van der Waals surface area contributed by atoms with Crippen LogP contribution in [0.3, 0.4) is 0 Å². The number of piperazine rings is 1. The highest BCUT2D eigenvalue weighted by Crippen LogP contribution is 2.33. The summed E-state index contributed by atoms with van der Waals surface area (Å²) in [5, 5.41) is 0. The van der Waals surface area contributed by atoms with Crippen molar-refractivity contribution in [1.82, 2.24) is 14.3 Å². The largest absolute Gasteiger partial charge is 0.444 e. The Morgan fingerprint density at radius 2 is 1.66 bits per heavy atom. The number of carbonyl (C=O) groups excluding carboxylic acids is 1. The van der Waals surface area contributed by atoms with E-state index in [1.165, 1.54) is 6.07 Å². The van der Waals surface area contributed by atoms with Gasteiger partial charge in [-0.1, -0.05) is 13.8 Å². The van der Waals surface area contributed by atoms with Crippen LogP contribution in [-0.4, -0.2) is 52.2 Å². The number of carbonyl (C=O) groups is 1. The first-order valence-corrected chi connectivity index (χ1v) is 10.7. The van der Waals surface area contributed by atoms with Gasteiger partial charge in [0.05, 0.1) is 22.1 Å². The fourth-order valence-electron chi connectivity index (χ4n) is 3.59. The van der Waals surface area contributed by atoms with E-state index in [1.807, 2.05) is 45.6 Å². The van der Waals surface area contributed by atoms with E-state index < -0.39 is 17.3 Å². The van der Waals surface area contributed by atoms with E-state index in [-0.39, 0.29) is 6.09 Å². The van der Waals surface area contributed by atoms with Gasteiger partial charge >= 0.3 is 12.3 Å². The third-order valence-corrected chi connectivity index (χ3v) is 5.00. The standard InChI is InChI=1S/C21H23F3N4O2.C2H6/c1-20(2,3)30-19(29)27-11-9-26(10-12-27)18-16-5-4-8-28(16)17-13-14(21(22,23)24)6-7-15(17)25-18;1-2/h4-8,13H,9-12H2,1-3H3;1-2H3. The Morgan fingerprint density at radius 1 is 1.00 bits per heavy atom. The number of rotatable bonds is 1. The molecule has 3 aromatic rings. The number of alkyl halides is 3. The molecule has 4 rings (SSSR count). The van der Waals surface area contributed by atoms with Crippen LogP contribution in [0.5, 0.6) is 0 Å². The zero-order chi connectivity index (χ0) is 23.7. The number of fused-ring (bicyclic) bond motifs is 3. The maximum Gasteiger partial charge on any atom is 0.416 e. The second-order valence-corrected chi connectivity index (χ2v) is 8.35. The molecule has 1 aliphatic rings. The van der Waals surface area contributed by atoms with E-state index in [1.54, 1.807) is 21.6 Å². The zero-order valence-electron chi connectivity index (χ0n) is 19.0. The number of ether oxygens (including phenoxy) is 1. The van der Waals surface area contributed by atoms with Crippen molar-refractivity contribution in [3.8, 4) is 0 Å². The van der Waals surface area contributed by atoms with Crippen molar-refractivity contribution in [3.05, 3.63) is 42.1 Å². The van der Waals surface area contributed by atoms with Gasteiger partial charge < -0.3 is 18.9 Å². The molecule has 0 aliphatic carbocycles. The lowest BCUT2D eigenvalue weighted by atomic mass is 10.2. The summed E-state index contributed by atoms with van der Waals surface area (Å²) < 4.78 is 46.6. The fraction of sp³-hybridized carbons (Fsp3) is 0.478. The minimum absolute atomic E-state index is 0.346. The summed E-state index contributed by atoms with van der Waals surface area (Å²) in [6.07, 6.45) is -3.02. The third-order valence-electron chi connectivity index (χ3n) is 5.00. The lowest BCUT2D eigenvalue weighted by molar-refractivity contribution is -0.137. The van der Waals surface area contributed by atoms with Gasteiger partial charge in [-0.25, -0.2) is 9.78 Å². The van der Waals surface area contributed by atoms with E-state index in [0.717, 1.165) is 17.6 Å². The van der Waals surface area contributed by atoms with Crippen molar-refractivity contribution in [2.75, 3.05) is 31.1 Å². The number of aromatic nitrogens is 2. The average molecular weight is 451 g/mol. The van der Waals surface area contributed by atoms with Gasteiger partial charge in [0.25, 0.3) is 0 Å². The van der Waals surface area contributed by atoms with Crippen LogP contribution in [0.15, 0.2) is 36.5 Å². The minimum atomic E-state index is -4.41. The molecule has 1 amide bonds. The van der Waals surface area contributed by atoms with Crippen LogP contribution in [-0.2, 0) is 10.9 Å². The second-order valence-electron chi connectivity index (χ2n) is 8.35. The molecule has 9 heteroatoms. The van der Waals surface area contributed by atoms with Gasteiger partial charge in [0, 0.05) is 32.4 Å². The molecule has 1 fully saturated rings. The highest BCUT2D eigenvalue weighted by atomic mass is 19.4. The lowest BCUT2D eigenvalue weighted by Gasteiger charge is -2.36. The Labute approximate surface area is 185 Å². The quantitative estimate of drug-likeness (QED) is 0.485. The summed E-state index contributed by atoms with van der Waals surface area (Å²) in [6, 6.07) is 7.20. The number of amides is 1. The summed E-state index contributed by atoms with van der Waals surface area (Å²) in [7, 11) is 0. The predicted octanol–water partition coefficient (Wildman–Crippen LogP) is 5.59. The molecule has 1 saturated heterocycles. The maximum atomic E-state index is 13.1. The summed E-state index contributed by atoms with van der Waals surface area (Å²) in [4.78, 5) is 20.7. The monoisotopic (exact) mass is 450 g/mol. The minimum Gasteiger partial charge on any atom is -0.444 e. The molecule has 1 aliphatic heterocycles. The number of nitrogens with zero attached hydrogens (tertiary/aromatic N) is 4. The van der Waals surface area contributed by atoms with E-state index in [9.17, 15) is 18.0 Å². The number of hydrogen-bond donors (Lipinski definition) is 0. The molecule has 0 N–H and O–H groups in total. The van der Waals surface area contributed by atoms with Crippen LogP contribution >= 0.6 is 0 Å². The first-order valence-electron chi connectivity index (χ1n) is 10.7. The average Bonchev–Trinajstić information content (AvgIpc) is 3.23. The Balaban J connectivity index is 0.00000141.